The zero-order valence-corrected chi connectivity index (χ0v) is 18.0. The minimum Gasteiger partial charge on any atom is -0.445 e. The molecule has 0 bridgehead atoms. The molecule has 2 N–H and O–H groups in total. The number of carbonyl (C=O) groups excluding carboxylic acids is 2. The van der Waals surface area contributed by atoms with E-state index in [1.807, 2.05) is 50.2 Å². The van der Waals surface area contributed by atoms with Gasteiger partial charge in [0.05, 0.1) is 9.86 Å². The second-order valence-corrected chi connectivity index (χ2v) is 9.10. The molecule has 2 amide bonds. The lowest BCUT2D eigenvalue weighted by Crippen LogP contribution is -2.48. The average Bonchev–Trinajstić information content (AvgIpc) is 3.10. The molecule has 0 saturated carbocycles. The maximum Gasteiger partial charge on any atom is 0.408 e. The molecule has 148 valence electrons. The number of halogens is 1. The molecule has 2 atom stereocenters. The van der Waals surface area contributed by atoms with Crippen LogP contribution in [0.25, 0.3) is 0 Å². The van der Waals surface area contributed by atoms with E-state index >= 15 is 0 Å². The molecule has 28 heavy (non-hydrogen) atoms. The van der Waals surface area contributed by atoms with E-state index in [4.69, 9.17) is 4.74 Å². The Hall–Kier alpha value is -2.37. The Morgan fingerprint density at radius 2 is 1.89 bits per heavy atom. The number of rotatable bonds is 8. The molecule has 6 nitrogen and oxygen atoms in total. The summed E-state index contributed by atoms with van der Waals surface area (Å²) in [5.74, 6) is -0.247. The van der Waals surface area contributed by atoms with Crippen LogP contribution in [0, 0.1) is 17.2 Å². The molecule has 1 heterocycles. The normalized spacial score (nSPS) is 12.7. The molecular formula is C20H22BrN3O3S. The Bertz CT molecular complexity index is 833. The van der Waals surface area contributed by atoms with Crippen molar-refractivity contribution in [3.05, 3.63) is 56.7 Å². The number of carbonyl (C=O) groups is 2. The Kier molecular flexibility index (Phi) is 8.48. The first-order valence-electron chi connectivity index (χ1n) is 8.81. The summed E-state index contributed by atoms with van der Waals surface area (Å²) in [6.45, 7) is 4.03. The van der Waals surface area contributed by atoms with Crippen molar-refractivity contribution in [1.29, 1.82) is 5.26 Å². The predicted octanol–water partition coefficient (Wildman–Crippen LogP) is 4.53. The second-order valence-electron chi connectivity index (χ2n) is 6.60. The predicted molar refractivity (Wildman–Crippen MR) is 112 cm³/mol. The van der Waals surface area contributed by atoms with E-state index in [9.17, 15) is 14.9 Å². The number of hydrogen-bond donors (Lipinski definition) is 2. The number of ether oxygens (including phenoxy) is 1. The number of nitriles is 1. The van der Waals surface area contributed by atoms with Crippen molar-refractivity contribution in [2.75, 3.05) is 0 Å². The van der Waals surface area contributed by atoms with Crippen LogP contribution < -0.4 is 10.6 Å². The number of nitrogens with one attached hydrogen (secondary N) is 2. The summed E-state index contributed by atoms with van der Waals surface area (Å²) in [4.78, 5) is 25.6. The lowest BCUT2D eigenvalue weighted by molar-refractivity contribution is -0.123. The summed E-state index contributed by atoms with van der Waals surface area (Å²) in [5, 5.41) is 14.7. The molecule has 8 heteroatoms. The van der Waals surface area contributed by atoms with E-state index in [0.29, 0.717) is 6.42 Å². The van der Waals surface area contributed by atoms with E-state index in [-0.39, 0.29) is 12.5 Å². The molecule has 1 aromatic heterocycles. The quantitative estimate of drug-likeness (QED) is 0.601. The fraction of sp³-hybridized carbons (Fsp3) is 0.350. The monoisotopic (exact) mass is 463 g/mol. The summed E-state index contributed by atoms with van der Waals surface area (Å²) in [6.07, 6.45) is -0.240. The van der Waals surface area contributed by atoms with Gasteiger partial charge in [0.2, 0.25) is 5.91 Å². The Labute approximate surface area is 177 Å². The summed E-state index contributed by atoms with van der Waals surface area (Å²) in [6, 6.07) is 13.4. The van der Waals surface area contributed by atoms with Gasteiger partial charge in [0.25, 0.3) is 0 Å². The average molecular weight is 464 g/mol. The molecule has 1 unspecified atom stereocenters. The first-order chi connectivity index (χ1) is 13.4. The molecule has 1 aromatic carbocycles. The van der Waals surface area contributed by atoms with Gasteiger partial charge in [0.15, 0.2) is 6.04 Å². The van der Waals surface area contributed by atoms with E-state index in [2.05, 4.69) is 32.6 Å². The maximum atomic E-state index is 12.7. The number of thiophene rings is 1. The molecule has 0 aliphatic heterocycles. The highest BCUT2D eigenvalue weighted by Crippen LogP contribution is 2.27. The minimum absolute atomic E-state index is 0.118. The number of nitrogens with zero attached hydrogens (tertiary/aromatic N) is 1. The van der Waals surface area contributed by atoms with Gasteiger partial charge in [-0.1, -0.05) is 44.2 Å². The van der Waals surface area contributed by atoms with Crippen molar-refractivity contribution in [3.63, 3.8) is 0 Å². The molecule has 0 fully saturated rings. The number of amides is 2. The van der Waals surface area contributed by atoms with Gasteiger partial charge in [-0.05, 0) is 46.0 Å². The zero-order chi connectivity index (χ0) is 20.5. The summed E-state index contributed by atoms with van der Waals surface area (Å²) >= 11 is 4.72. The van der Waals surface area contributed by atoms with Gasteiger partial charge in [-0.15, -0.1) is 11.3 Å². The van der Waals surface area contributed by atoms with Crippen LogP contribution in [0.5, 0.6) is 0 Å². The van der Waals surface area contributed by atoms with Crippen LogP contribution >= 0.6 is 27.3 Å². The van der Waals surface area contributed by atoms with Gasteiger partial charge in [0, 0.05) is 4.88 Å². The van der Waals surface area contributed by atoms with Gasteiger partial charge in [-0.3, -0.25) is 4.79 Å². The van der Waals surface area contributed by atoms with E-state index in [1.54, 1.807) is 6.07 Å². The highest BCUT2D eigenvalue weighted by molar-refractivity contribution is 9.11. The molecule has 0 aliphatic carbocycles. The SMILES string of the molecule is CC(C)C[C@H](NC(=O)OCc1ccccc1)C(=O)NC(C#N)c1ccc(Br)s1. The van der Waals surface area contributed by atoms with Crippen molar-refractivity contribution in [2.24, 2.45) is 5.92 Å². The molecule has 0 radical (unpaired) electrons. The summed E-state index contributed by atoms with van der Waals surface area (Å²) < 4.78 is 6.08. The topological polar surface area (TPSA) is 91.2 Å². The van der Waals surface area contributed by atoms with Gasteiger partial charge in [0.1, 0.15) is 12.6 Å². The molecular weight excluding hydrogens is 442 g/mol. The van der Waals surface area contributed by atoms with Crippen LogP contribution in [0.15, 0.2) is 46.3 Å². The lowest BCUT2D eigenvalue weighted by atomic mass is 10.0. The lowest BCUT2D eigenvalue weighted by Gasteiger charge is -2.21. The third-order valence-corrected chi connectivity index (χ3v) is 5.51. The van der Waals surface area contributed by atoms with Crippen LogP contribution in [0.4, 0.5) is 4.79 Å². The highest BCUT2D eigenvalue weighted by atomic mass is 79.9. The number of alkyl carbamates (subject to hydrolysis) is 1. The number of benzene rings is 1. The molecule has 0 saturated heterocycles. The van der Waals surface area contributed by atoms with Gasteiger partial charge in [-0.2, -0.15) is 5.26 Å². The molecule has 0 spiro atoms. The molecule has 2 rings (SSSR count). The Balaban J connectivity index is 1.97. The van der Waals surface area contributed by atoms with Crippen LogP contribution in [0.1, 0.15) is 36.8 Å². The fourth-order valence-corrected chi connectivity index (χ4v) is 3.92. The standard InChI is InChI=1S/C20H22BrN3O3S/c1-13(2)10-15(24-20(26)27-12-14-6-4-3-5-7-14)19(25)23-16(11-22)17-8-9-18(21)28-17/h3-9,13,15-16H,10,12H2,1-2H3,(H,23,25)(H,24,26)/t15-,16?/m0/s1. The van der Waals surface area contributed by atoms with Crippen LogP contribution in [0.2, 0.25) is 0 Å². The third-order valence-electron chi connectivity index (χ3n) is 3.82. The van der Waals surface area contributed by atoms with Crippen molar-refractivity contribution in [2.45, 2.75) is 39.0 Å². The van der Waals surface area contributed by atoms with Crippen molar-refractivity contribution < 1.29 is 14.3 Å². The van der Waals surface area contributed by atoms with E-state index in [1.165, 1.54) is 11.3 Å². The summed E-state index contributed by atoms with van der Waals surface area (Å²) in [5.41, 5.74) is 0.857. The van der Waals surface area contributed by atoms with Crippen LogP contribution in [-0.4, -0.2) is 18.0 Å². The Morgan fingerprint density at radius 3 is 2.46 bits per heavy atom. The Morgan fingerprint density at radius 1 is 1.18 bits per heavy atom. The highest BCUT2D eigenvalue weighted by Gasteiger charge is 2.26. The van der Waals surface area contributed by atoms with Crippen molar-refractivity contribution in [1.82, 2.24) is 10.6 Å². The largest absolute Gasteiger partial charge is 0.445 e. The van der Waals surface area contributed by atoms with E-state index in [0.717, 1.165) is 14.2 Å². The number of hydrogen-bond acceptors (Lipinski definition) is 5. The van der Waals surface area contributed by atoms with Gasteiger partial charge < -0.3 is 15.4 Å². The van der Waals surface area contributed by atoms with Gasteiger partial charge >= 0.3 is 6.09 Å². The zero-order valence-electron chi connectivity index (χ0n) is 15.6. The van der Waals surface area contributed by atoms with E-state index < -0.39 is 24.1 Å². The second kappa shape index (κ2) is 10.8. The fourth-order valence-electron chi connectivity index (χ4n) is 2.50. The van der Waals surface area contributed by atoms with Crippen molar-refractivity contribution in [3.8, 4) is 6.07 Å². The molecule has 0 aliphatic rings. The first-order valence-corrected chi connectivity index (χ1v) is 10.4. The first kappa shape index (κ1) is 21.9. The maximum absolute atomic E-state index is 12.7. The van der Waals surface area contributed by atoms with Crippen LogP contribution in [0.3, 0.4) is 0 Å². The van der Waals surface area contributed by atoms with Crippen molar-refractivity contribution >= 4 is 39.3 Å². The molecule has 2 aromatic rings. The minimum atomic E-state index is -0.789. The smallest absolute Gasteiger partial charge is 0.408 e. The van der Waals surface area contributed by atoms with Crippen LogP contribution in [-0.2, 0) is 16.1 Å². The van der Waals surface area contributed by atoms with Gasteiger partial charge in [-0.25, -0.2) is 4.79 Å². The third kappa shape index (κ3) is 6.98. The summed E-state index contributed by atoms with van der Waals surface area (Å²) in [7, 11) is 0.